The summed E-state index contributed by atoms with van der Waals surface area (Å²) in [5.74, 6) is 0.0710. The van der Waals surface area contributed by atoms with Crippen molar-refractivity contribution in [1.29, 1.82) is 0 Å². The fourth-order valence-corrected chi connectivity index (χ4v) is 3.31. The largest absolute Gasteiger partial charge is 0.350 e. The van der Waals surface area contributed by atoms with E-state index in [1.165, 1.54) is 0 Å². The van der Waals surface area contributed by atoms with Gasteiger partial charge in [0.05, 0.1) is 0 Å². The fourth-order valence-electron chi connectivity index (χ4n) is 3.31. The van der Waals surface area contributed by atoms with Gasteiger partial charge in [-0.1, -0.05) is 6.07 Å². The molecule has 1 aromatic heterocycles. The molecule has 0 bridgehead atoms. The van der Waals surface area contributed by atoms with Crippen LogP contribution in [-0.4, -0.2) is 46.9 Å². The zero-order valence-electron chi connectivity index (χ0n) is 12.6. The Kier molecular flexibility index (Phi) is 4.68. The second-order valence-electron chi connectivity index (χ2n) is 5.92. The summed E-state index contributed by atoms with van der Waals surface area (Å²) in [6.45, 7) is 2.29. The number of nitrogens with one attached hydrogen (secondary N) is 2. The first-order chi connectivity index (χ1) is 10.8. The van der Waals surface area contributed by atoms with Crippen molar-refractivity contribution >= 4 is 11.8 Å². The van der Waals surface area contributed by atoms with E-state index < -0.39 is 0 Å². The molecule has 2 fully saturated rings. The highest BCUT2D eigenvalue weighted by Gasteiger charge is 2.40. The summed E-state index contributed by atoms with van der Waals surface area (Å²) in [6, 6.07) is 3.66. The lowest BCUT2D eigenvalue weighted by Crippen LogP contribution is -2.52. The Hall–Kier alpha value is -1.95. The van der Waals surface area contributed by atoms with Crippen molar-refractivity contribution in [3.05, 3.63) is 30.1 Å². The van der Waals surface area contributed by atoms with Crippen LogP contribution < -0.4 is 10.6 Å². The number of piperidine rings is 1. The van der Waals surface area contributed by atoms with Crippen molar-refractivity contribution < 1.29 is 9.59 Å². The maximum Gasteiger partial charge on any atom is 0.243 e. The van der Waals surface area contributed by atoms with Gasteiger partial charge in [-0.2, -0.15) is 0 Å². The van der Waals surface area contributed by atoms with E-state index in [9.17, 15) is 9.59 Å². The monoisotopic (exact) mass is 302 g/mol. The number of aromatic nitrogens is 1. The molecule has 3 heterocycles. The molecular formula is C16H22N4O2. The third kappa shape index (κ3) is 3.27. The maximum atomic E-state index is 12.5. The van der Waals surface area contributed by atoms with Crippen LogP contribution in [0.1, 0.15) is 31.2 Å². The third-order valence-electron chi connectivity index (χ3n) is 4.45. The van der Waals surface area contributed by atoms with Crippen LogP contribution in [0.2, 0.25) is 0 Å². The molecule has 118 valence electrons. The summed E-state index contributed by atoms with van der Waals surface area (Å²) in [4.78, 5) is 30.5. The summed E-state index contributed by atoms with van der Waals surface area (Å²) in [7, 11) is 0. The molecule has 0 spiro atoms. The molecule has 6 heteroatoms. The third-order valence-corrected chi connectivity index (χ3v) is 4.45. The van der Waals surface area contributed by atoms with Crippen LogP contribution in [0.4, 0.5) is 0 Å². The van der Waals surface area contributed by atoms with E-state index in [1.807, 2.05) is 17.0 Å². The minimum Gasteiger partial charge on any atom is -0.350 e. The first kappa shape index (κ1) is 15.0. The highest BCUT2D eigenvalue weighted by atomic mass is 16.2. The number of hydrogen-bond donors (Lipinski definition) is 2. The highest BCUT2D eigenvalue weighted by molar-refractivity contribution is 5.91. The van der Waals surface area contributed by atoms with Crippen molar-refractivity contribution in [1.82, 2.24) is 20.5 Å². The Morgan fingerprint density at radius 2 is 2.18 bits per heavy atom. The Morgan fingerprint density at radius 1 is 1.36 bits per heavy atom. The maximum absolute atomic E-state index is 12.5. The number of pyridine rings is 1. The Morgan fingerprint density at radius 3 is 2.91 bits per heavy atom. The number of rotatable bonds is 4. The summed E-state index contributed by atoms with van der Waals surface area (Å²) in [5.41, 5.74) is 0.966. The first-order valence-electron chi connectivity index (χ1n) is 7.94. The molecule has 2 saturated heterocycles. The Balaban J connectivity index is 1.61. The van der Waals surface area contributed by atoms with Crippen molar-refractivity contribution in [2.24, 2.45) is 0 Å². The quantitative estimate of drug-likeness (QED) is 0.846. The van der Waals surface area contributed by atoms with Gasteiger partial charge in [0.1, 0.15) is 6.04 Å². The zero-order valence-corrected chi connectivity index (χ0v) is 12.6. The number of amides is 2. The number of carbonyl (C=O) groups excluding carboxylic acids is 2. The molecule has 0 radical (unpaired) electrons. The van der Waals surface area contributed by atoms with Gasteiger partial charge >= 0.3 is 0 Å². The molecule has 6 nitrogen and oxygen atoms in total. The van der Waals surface area contributed by atoms with E-state index >= 15 is 0 Å². The second-order valence-corrected chi connectivity index (χ2v) is 5.92. The fraction of sp³-hybridized carbons (Fsp3) is 0.562. The highest BCUT2D eigenvalue weighted by Crippen LogP contribution is 2.25. The molecule has 1 aromatic rings. The van der Waals surface area contributed by atoms with Crippen LogP contribution in [0.15, 0.2) is 24.5 Å². The van der Waals surface area contributed by atoms with E-state index in [1.54, 1.807) is 12.4 Å². The number of hydrogen-bond acceptors (Lipinski definition) is 4. The molecular weight excluding hydrogens is 280 g/mol. The van der Waals surface area contributed by atoms with Crippen LogP contribution in [0.25, 0.3) is 0 Å². The Bertz CT molecular complexity index is 528. The average molecular weight is 302 g/mol. The van der Waals surface area contributed by atoms with Crippen LogP contribution in [0.3, 0.4) is 0 Å². The predicted octanol–water partition coefficient (Wildman–Crippen LogP) is 0.441. The molecule has 0 aliphatic carbocycles. The summed E-state index contributed by atoms with van der Waals surface area (Å²) in [6.07, 6.45) is 6.41. The number of nitrogens with zero attached hydrogens (tertiary/aromatic N) is 2. The van der Waals surface area contributed by atoms with Gasteiger partial charge in [-0.3, -0.25) is 14.6 Å². The van der Waals surface area contributed by atoms with Gasteiger partial charge in [-0.05, 0) is 44.0 Å². The molecule has 2 aliphatic heterocycles. The van der Waals surface area contributed by atoms with Crippen LogP contribution in [-0.2, 0) is 16.1 Å². The van der Waals surface area contributed by atoms with Gasteiger partial charge in [0.2, 0.25) is 11.8 Å². The van der Waals surface area contributed by atoms with E-state index in [-0.39, 0.29) is 23.9 Å². The predicted molar refractivity (Wildman–Crippen MR) is 81.8 cm³/mol. The molecule has 2 amide bonds. The second kappa shape index (κ2) is 6.87. The lowest BCUT2D eigenvalue weighted by atomic mass is 10.0. The zero-order chi connectivity index (χ0) is 15.4. The lowest BCUT2D eigenvalue weighted by Gasteiger charge is -2.35. The van der Waals surface area contributed by atoms with Crippen LogP contribution in [0.5, 0.6) is 0 Å². The van der Waals surface area contributed by atoms with Crippen LogP contribution >= 0.6 is 0 Å². The van der Waals surface area contributed by atoms with Gasteiger partial charge in [-0.25, -0.2) is 0 Å². The normalized spacial score (nSPS) is 22.8. The molecule has 3 rings (SSSR count). The smallest absolute Gasteiger partial charge is 0.243 e. The Labute approximate surface area is 130 Å². The van der Waals surface area contributed by atoms with Gasteiger partial charge in [0, 0.05) is 31.4 Å². The van der Waals surface area contributed by atoms with E-state index in [0.29, 0.717) is 19.4 Å². The summed E-state index contributed by atoms with van der Waals surface area (Å²) < 4.78 is 0. The SMILES string of the molecule is O=C(NCc1cccnc1)C1CCC(=O)N1C1CCNCC1. The standard InChI is InChI=1S/C16H22N4O2/c21-15-4-3-14(20(15)13-5-8-17-9-6-13)16(22)19-11-12-2-1-7-18-10-12/h1-2,7,10,13-14,17H,3-6,8-9,11H2,(H,19,22). The molecule has 1 unspecified atom stereocenters. The van der Waals surface area contributed by atoms with E-state index in [2.05, 4.69) is 15.6 Å². The first-order valence-corrected chi connectivity index (χ1v) is 7.94. The number of likely N-dealkylation sites (tertiary alicyclic amines) is 1. The van der Waals surface area contributed by atoms with Gasteiger partial charge in [0.15, 0.2) is 0 Å². The average Bonchev–Trinajstić information content (AvgIpc) is 2.96. The van der Waals surface area contributed by atoms with Gasteiger partial charge in [-0.15, -0.1) is 0 Å². The minimum absolute atomic E-state index is 0.0479. The van der Waals surface area contributed by atoms with Crippen molar-refractivity contribution in [3.63, 3.8) is 0 Å². The lowest BCUT2D eigenvalue weighted by molar-refractivity contribution is -0.138. The molecule has 0 aromatic carbocycles. The van der Waals surface area contributed by atoms with E-state index in [0.717, 1.165) is 31.5 Å². The van der Waals surface area contributed by atoms with Crippen molar-refractivity contribution in [3.8, 4) is 0 Å². The van der Waals surface area contributed by atoms with Crippen molar-refractivity contribution in [2.75, 3.05) is 13.1 Å². The van der Waals surface area contributed by atoms with Gasteiger partial charge < -0.3 is 15.5 Å². The molecule has 22 heavy (non-hydrogen) atoms. The molecule has 2 N–H and O–H groups in total. The topological polar surface area (TPSA) is 74.3 Å². The molecule has 2 aliphatic rings. The van der Waals surface area contributed by atoms with Crippen LogP contribution in [0, 0.1) is 0 Å². The van der Waals surface area contributed by atoms with E-state index in [4.69, 9.17) is 0 Å². The van der Waals surface area contributed by atoms with Crippen molar-refractivity contribution in [2.45, 2.75) is 44.3 Å². The minimum atomic E-state index is -0.313. The molecule has 0 saturated carbocycles. The number of carbonyl (C=O) groups is 2. The van der Waals surface area contributed by atoms with Gasteiger partial charge in [0.25, 0.3) is 0 Å². The summed E-state index contributed by atoms with van der Waals surface area (Å²) in [5, 5.41) is 6.24. The molecule has 1 atom stereocenters. The summed E-state index contributed by atoms with van der Waals surface area (Å²) >= 11 is 0.